The highest BCUT2D eigenvalue weighted by Crippen LogP contribution is 2.30. The fraction of sp³-hybridized carbons (Fsp3) is 0.615. The molecule has 3 aliphatic heterocycles. The molecule has 0 spiro atoms. The molecule has 0 aliphatic carbocycles. The maximum absolute atomic E-state index is 5.45. The van der Waals surface area contributed by atoms with Crippen molar-refractivity contribution in [3.8, 4) is 0 Å². The lowest BCUT2D eigenvalue weighted by Crippen LogP contribution is -2.46. The molecule has 0 radical (unpaired) electrons. The molecule has 1 unspecified atom stereocenters. The molecule has 2 nitrogen and oxygen atoms in total. The van der Waals surface area contributed by atoms with Crippen molar-refractivity contribution < 1.29 is 0 Å². The summed E-state index contributed by atoms with van der Waals surface area (Å²) >= 11 is 10.9. The summed E-state index contributed by atoms with van der Waals surface area (Å²) in [5, 5.41) is 0.856. The van der Waals surface area contributed by atoms with Crippen molar-refractivity contribution in [2.75, 3.05) is 13.1 Å². The van der Waals surface area contributed by atoms with Crippen LogP contribution >= 0.6 is 35.6 Å². The van der Waals surface area contributed by atoms with Gasteiger partial charge in [-0.25, -0.2) is 4.98 Å². The number of hydrogen-bond donors (Lipinski definition) is 0. The van der Waals surface area contributed by atoms with E-state index in [1.165, 1.54) is 32.4 Å². The van der Waals surface area contributed by atoms with Gasteiger partial charge in [0.1, 0.15) is 10.3 Å². The van der Waals surface area contributed by atoms with Gasteiger partial charge in [0.05, 0.1) is 0 Å². The van der Waals surface area contributed by atoms with E-state index in [0.29, 0.717) is 10.3 Å². The SMILES string of the molecule is CC1CC2CCN1CC2.Cl.Clc1cccc(Cl)n1. The summed E-state index contributed by atoms with van der Waals surface area (Å²) in [6.45, 7) is 5.13. The normalized spacial score (nSPS) is 28.9. The van der Waals surface area contributed by atoms with Crippen LogP contribution in [0.5, 0.6) is 0 Å². The average molecular weight is 310 g/mol. The van der Waals surface area contributed by atoms with E-state index in [-0.39, 0.29) is 12.4 Å². The van der Waals surface area contributed by atoms with Crippen LogP contribution in [0.1, 0.15) is 26.2 Å². The Balaban J connectivity index is 0.000000172. The third kappa shape index (κ3) is 4.58. The second-order valence-electron chi connectivity index (χ2n) is 4.85. The van der Waals surface area contributed by atoms with Crippen LogP contribution in [0.3, 0.4) is 0 Å². The first-order valence-electron chi connectivity index (χ1n) is 6.17. The van der Waals surface area contributed by atoms with Gasteiger partial charge in [-0.2, -0.15) is 0 Å². The molecule has 0 amide bonds. The van der Waals surface area contributed by atoms with Gasteiger partial charge in [-0.1, -0.05) is 29.3 Å². The summed E-state index contributed by atoms with van der Waals surface area (Å²) in [7, 11) is 0. The smallest absolute Gasteiger partial charge is 0.130 e. The Morgan fingerprint density at radius 1 is 1.17 bits per heavy atom. The maximum Gasteiger partial charge on any atom is 0.130 e. The molecule has 1 aromatic heterocycles. The molecule has 102 valence electrons. The van der Waals surface area contributed by atoms with E-state index in [2.05, 4.69) is 16.8 Å². The van der Waals surface area contributed by atoms with Crippen molar-refractivity contribution in [1.29, 1.82) is 0 Å². The number of fused-ring (bicyclic) bond motifs is 3. The minimum absolute atomic E-state index is 0. The molecule has 4 rings (SSSR count). The molecule has 1 atom stereocenters. The minimum Gasteiger partial charge on any atom is -0.301 e. The molecule has 3 aliphatic rings. The van der Waals surface area contributed by atoms with Crippen LogP contribution in [0, 0.1) is 5.92 Å². The van der Waals surface area contributed by atoms with Gasteiger partial charge in [-0.15, -0.1) is 12.4 Å². The number of hydrogen-bond acceptors (Lipinski definition) is 2. The summed E-state index contributed by atoms with van der Waals surface area (Å²) in [6.07, 6.45) is 4.43. The molecule has 0 saturated carbocycles. The summed E-state index contributed by atoms with van der Waals surface area (Å²) in [6, 6.07) is 6.00. The molecular formula is C13H19Cl3N2. The number of piperidine rings is 3. The Bertz CT molecular complexity index is 348. The van der Waals surface area contributed by atoms with E-state index in [0.717, 1.165) is 12.0 Å². The predicted octanol–water partition coefficient (Wildman–Crippen LogP) is 4.30. The van der Waals surface area contributed by atoms with Gasteiger partial charge in [0.25, 0.3) is 0 Å². The Labute approximate surface area is 125 Å². The van der Waals surface area contributed by atoms with E-state index in [1.54, 1.807) is 18.2 Å². The fourth-order valence-electron chi connectivity index (χ4n) is 2.64. The summed E-state index contributed by atoms with van der Waals surface area (Å²) < 4.78 is 0. The van der Waals surface area contributed by atoms with E-state index in [4.69, 9.17) is 23.2 Å². The zero-order valence-corrected chi connectivity index (χ0v) is 12.8. The van der Waals surface area contributed by atoms with Crippen LogP contribution in [0.2, 0.25) is 10.3 Å². The Hall–Kier alpha value is -0.0200. The zero-order chi connectivity index (χ0) is 12.3. The third-order valence-electron chi connectivity index (χ3n) is 3.63. The highest BCUT2D eigenvalue weighted by molar-refractivity contribution is 6.32. The van der Waals surface area contributed by atoms with E-state index >= 15 is 0 Å². The molecule has 3 fully saturated rings. The molecule has 18 heavy (non-hydrogen) atoms. The van der Waals surface area contributed by atoms with Crippen molar-refractivity contribution in [2.45, 2.75) is 32.2 Å². The van der Waals surface area contributed by atoms with Gasteiger partial charge >= 0.3 is 0 Å². The topological polar surface area (TPSA) is 16.1 Å². The first-order chi connectivity index (χ1) is 8.15. The molecule has 1 aromatic rings. The van der Waals surface area contributed by atoms with Gasteiger partial charge in [-0.3, -0.25) is 0 Å². The summed E-state index contributed by atoms with van der Waals surface area (Å²) in [5.74, 6) is 1.09. The van der Waals surface area contributed by atoms with Gasteiger partial charge in [0, 0.05) is 6.04 Å². The predicted molar refractivity (Wildman–Crippen MR) is 79.9 cm³/mol. The quantitative estimate of drug-likeness (QED) is 0.664. The number of halogens is 3. The molecule has 0 aromatic carbocycles. The number of rotatable bonds is 0. The molecule has 2 bridgehead atoms. The van der Waals surface area contributed by atoms with Crippen LogP contribution < -0.4 is 0 Å². The third-order valence-corrected chi connectivity index (χ3v) is 4.05. The summed E-state index contributed by atoms with van der Waals surface area (Å²) in [5.41, 5.74) is 0. The number of nitrogens with zero attached hydrogens (tertiary/aromatic N) is 2. The van der Waals surface area contributed by atoms with Crippen LogP contribution in [0.25, 0.3) is 0 Å². The van der Waals surface area contributed by atoms with Crippen molar-refractivity contribution in [2.24, 2.45) is 5.92 Å². The van der Waals surface area contributed by atoms with Crippen molar-refractivity contribution in [3.05, 3.63) is 28.5 Å². The first-order valence-corrected chi connectivity index (χ1v) is 6.93. The van der Waals surface area contributed by atoms with E-state index in [9.17, 15) is 0 Å². The fourth-order valence-corrected chi connectivity index (χ4v) is 3.02. The monoisotopic (exact) mass is 308 g/mol. The van der Waals surface area contributed by atoms with Crippen LogP contribution in [-0.4, -0.2) is 29.0 Å². The average Bonchev–Trinajstić information content (AvgIpc) is 2.30. The molecule has 3 saturated heterocycles. The molecular weight excluding hydrogens is 291 g/mol. The molecule has 0 N–H and O–H groups in total. The Morgan fingerprint density at radius 2 is 1.72 bits per heavy atom. The summed E-state index contributed by atoms with van der Waals surface area (Å²) in [4.78, 5) is 6.33. The van der Waals surface area contributed by atoms with Crippen LogP contribution in [-0.2, 0) is 0 Å². The van der Waals surface area contributed by atoms with Crippen molar-refractivity contribution >= 4 is 35.6 Å². The van der Waals surface area contributed by atoms with Gasteiger partial charge < -0.3 is 4.90 Å². The largest absolute Gasteiger partial charge is 0.301 e. The zero-order valence-electron chi connectivity index (χ0n) is 10.5. The van der Waals surface area contributed by atoms with Gasteiger partial charge in [-0.05, 0) is 57.3 Å². The van der Waals surface area contributed by atoms with Gasteiger partial charge in [0.15, 0.2) is 0 Å². The minimum atomic E-state index is 0. The lowest BCUT2D eigenvalue weighted by atomic mass is 9.84. The van der Waals surface area contributed by atoms with Gasteiger partial charge in [0.2, 0.25) is 0 Å². The van der Waals surface area contributed by atoms with Crippen LogP contribution in [0.4, 0.5) is 0 Å². The van der Waals surface area contributed by atoms with E-state index < -0.39 is 0 Å². The lowest BCUT2D eigenvalue weighted by Gasteiger charge is -2.43. The lowest BCUT2D eigenvalue weighted by molar-refractivity contribution is 0.0594. The van der Waals surface area contributed by atoms with Crippen molar-refractivity contribution in [1.82, 2.24) is 9.88 Å². The molecule has 4 heterocycles. The Morgan fingerprint density at radius 3 is 1.94 bits per heavy atom. The number of aromatic nitrogens is 1. The van der Waals surface area contributed by atoms with E-state index in [1.807, 2.05) is 0 Å². The Kier molecular flexibility index (Phi) is 6.72. The van der Waals surface area contributed by atoms with Crippen molar-refractivity contribution in [3.63, 3.8) is 0 Å². The van der Waals surface area contributed by atoms with Crippen LogP contribution in [0.15, 0.2) is 18.2 Å². The highest BCUT2D eigenvalue weighted by Gasteiger charge is 2.30. The maximum atomic E-state index is 5.45. The standard InChI is InChI=1S/C8H15N.C5H3Cl2N.ClH/c1-7-6-8-2-4-9(7)5-3-8;6-4-2-1-3-5(7)8-4;/h7-8H,2-6H2,1H3;1-3H;1H. The highest BCUT2D eigenvalue weighted by atomic mass is 35.5. The second-order valence-corrected chi connectivity index (χ2v) is 5.62. The number of pyridine rings is 1. The second kappa shape index (κ2) is 7.54. The molecule has 5 heteroatoms. The first kappa shape index (κ1) is 16.0.